The molecule has 9 atom stereocenters. The van der Waals surface area contributed by atoms with Crippen molar-refractivity contribution in [1.29, 1.82) is 0 Å². The first kappa shape index (κ1) is 22.3. The van der Waals surface area contributed by atoms with Crippen LogP contribution in [0.25, 0.3) is 0 Å². The van der Waals surface area contributed by atoms with E-state index in [1.54, 1.807) is 0 Å². The SMILES string of the molecule is C=C(/C=C/C(C)C1CCC2C3C(=O)CC4CC(O)CCC4(C)C3CCC12C)C(C)C. The van der Waals surface area contributed by atoms with Gasteiger partial charge in [-0.3, -0.25) is 4.79 Å². The van der Waals surface area contributed by atoms with E-state index in [0.717, 1.165) is 25.7 Å². The number of hydrogen-bond donors (Lipinski definition) is 1. The summed E-state index contributed by atoms with van der Waals surface area (Å²) < 4.78 is 0. The van der Waals surface area contributed by atoms with Crippen LogP contribution in [0, 0.1) is 52.3 Å². The second kappa shape index (κ2) is 7.91. The maximum Gasteiger partial charge on any atom is 0.136 e. The van der Waals surface area contributed by atoms with Gasteiger partial charge in [0.25, 0.3) is 0 Å². The summed E-state index contributed by atoms with van der Waals surface area (Å²) in [7, 11) is 0. The van der Waals surface area contributed by atoms with Crippen LogP contribution in [0.2, 0.25) is 0 Å². The molecule has 0 saturated heterocycles. The van der Waals surface area contributed by atoms with Crippen LogP contribution in [-0.4, -0.2) is 17.0 Å². The van der Waals surface area contributed by atoms with Gasteiger partial charge in [-0.1, -0.05) is 58.9 Å². The number of aliphatic hydroxyl groups excluding tert-OH is 1. The smallest absolute Gasteiger partial charge is 0.136 e. The summed E-state index contributed by atoms with van der Waals surface area (Å²) >= 11 is 0. The first-order chi connectivity index (χ1) is 14.1. The molecule has 2 nitrogen and oxygen atoms in total. The van der Waals surface area contributed by atoms with Crippen LogP contribution in [-0.2, 0) is 4.79 Å². The zero-order valence-corrected chi connectivity index (χ0v) is 20.0. The third-order valence-electron chi connectivity index (χ3n) is 10.5. The summed E-state index contributed by atoms with van der Waals surface area (Å²) in [5.41, 5.74) is 1.76. The van der Waals surface area contributed by atoms with E-state index in [-0.39, 0.29) is 22.9 Å². The molecule has 4 rings (SSSR count). The van der Waals surface area contributed by atoms with Crippen molar-refractivity contribution < 1.29 is 9.90 Å². The lowest BCUT2D eigenvalue weighted by Gasteiger charge is -2.60. The molecular weight excluding hydrogens is 368 g/mol. The van der Waals surface area contributed by atoms with Crippen LogP contribution in [0.15, 0.2) is 24.3 Å². The third-order valence-corrected chi connectivity index (χ3v) is 10.5. The highest BCUT2D eigenvalue weighted by molar-refractivity contribution is 5.83. The fourth-order valence-electron chi connectivity index (χ4n) is 8.42. The van der Waals surface area contributed by atoms with Crippen molar-refractivity contribution >= 4 is 5.78 Å². The summed E-state index contributed by atoms with van der Waals surface area (Å²) in [6.07, 6.45) is 13.0. The molecule has 0 aliphatic heterocycles. The highest BCUT2D eigenvalue weighted by Gasteiger charge is 2.62. The molecule has 0 radical (unpaired) electrons. The van der Waals surface area contributed by atoms with Gasteiger partial charge in [0.15, 0.2) is 0 Å². The van der Waals surface area contributed by atoms with Crippen molar-refractivity contribution in [2.24, 2.45) is 52.3 Å². The van der Waals surface area contributed by atoms with Crippen molar-refractivity contribution in [2.45, 2.75) is 92.1 Å². The summed E-state index contributed by atoms with van der Waals surface area (Å²) in [5, 5.41) is 10.2. The number of Topliss-reactive ketones (excluding diaryl/α,β-unsaturated/α-hetero) is 1. The Balaban J connectivity index is 1.56. The van der Waals surface area contributed by atoms with Crippen molar-refractivity contribution in [3.8, 4) is 0 Å². The molecule has 4 fully saturated rings. The monoisotopic (exact) mass is 412 g/mol. The van der Waals surface area contributed by atoms with Gasteiger partial charge in [0.1, 0.15) is 5.78 Å². The van der Waals surface area contributed by atoms with Gasteiger partial charge in [0, 0.05) is 12.3 Å². The van der Waals surface area contributed by atoms with Gasteiger partial charge in [-0.25, -0.2) is 0 Å². The number of allylic oxidation sites excluding steroid dienone is 3. The molecular formula is C28H44O2. The second-order valence-corrected chi connectivity index (χ2v) is 12.2. The molecule has 0 spiro atoms. The van der Waals surface area contributed by atoms with Crippen LogP contribution < -0.4 is 0 Å². The minimum atomic E-state index is -0.189. The normalized spacial score (nSPS) is 47.1. The maximum absolute atomic E-state index is 13.5. The van der Waals surface area contributed by atoms with Crippen molar-refractivity contribution in [3.63, 3.8) is 0 Å². The number of hydrogen-bond acceptors (Lipinski definition) is 2. The Morgan fingerprint density at radius 2 is 1.73 bits per heavy atom. The molecule has 30 heavy (non-hydrogen) atoms. The van der Waals surface area contributed by atoms with Crippen LogP contribution >= 0.6 is 0 Å². The lowest BCUT2D eigenvalue weighted by molar-refractivity contribution is -0.160. The van der Waals surface area contributed by atoms with Crippen molar-refractivity contribution in [1.82, 2.24) is 0 Å². The Labute approximate surface area is 184 Å². The molecule has 0 aromatic rings. The molecule has 4 saturated carbocycles. The van der Waals surface area contributed by atoms with E-state index in [0.29, 0.717) is 41.3 Å². The van der Waals surface area contributed by atoms with Crippen LogP contribution in [0.3, 0.4) is 0 Å². The lowest BCUT2D eigenvalue weighted by atomic mass is 9.44. The predicted molar refractivity (Wildman–Crippen MR) is 124 cm³/mol. The number of rotatable bonds is 4. The van der Waals surface area contributed by atoms with Crippen LogP contribution in [0.4, 0.5) is 0 Å². The molecule has 0 bridgehead atoms. The molecule has 0 aromatic heterocycles. The summed E-state index contributed by atoms with van der Waals surface area (Å²) in [6.45, 7) is 16.0. The molecule has 0 amide bonds. The molecule has 0 aromatic carbocycles. The highest BCUT2D eigenvalue weighted by Crippen LogP contribution is 2.67. The minimum absolute atomic E-state index is 0.189. The van der Waals surface area contributed by atoms with E-state index in [9.17, 15) is 9.90 Å². The van der Waals surface area contributed by atoms with E-state index >= 15 is 0 Å². The number of ketones is 1. The summed E-state index contributed by atoms with van der Waals surface area (Å²) in [6, 6.07) is 0. The number of fused-ring (bicyclic) bond motifs is 5. The fraction of sp³-hybridized carbons (Fsp3) is 0.821. The highest BCUT2D eigenvalue weighted by atomic mass is 16.3. The topological polar surface area (TPSA) is 37.3 Å². The van der Waals surface area contributed by atoms with Crippen LogP contribution in [0.1, 0.15) is 86.0 Å². The van der Waals surface area contributed by atoms with Crippen molar-refractivity contribution in [2.75, 3.05) is 0 Å². The molecule has 4 aliphatic rings. The lowest BCUT2D eigenvalue weighted by Crippen LogP contribution is -2.57. The van der Waals surface area contributed by atoms with Gasteiger partial charge in [0.05, 0.1) is 6.10 Å². The molecule has 9 unspecified atom stereocenters. The van der Waals surface area contributed by atoms with Gasteiger partial charge in [-0.05, 0) is 91.3 Å². The van der Waals surface area contributed by atoms with Gasteiger partial charge in [-0.15, -0.1) is 0 Å². The number of aliphatic hydroxyl groups is 1. The standard InChI is InChI=1S/C28H44O2/c1-17(2)18(3)7-8-19(4)22-9-10-23-26-24(12-14-28(22,23)6)27(5)13-11-21(29)15-20(27)16-25(26)30/h7-8,17,19-24,26,29H,3,9-16H2,1-2,4-6H3/b8-7+. The quantitative estimate of drug-likeness (QED) is 0.529. The Morgan fingerprint density at radius 1 is 1.07 bits per heavy atom. The van der Waals surface area contributed by atoms with E-state index in [1.807, 2.05) is 0 Å². The molecule has 1 N–H and O–H groups in total. The second-order valence-electron chi connectivity index (χ2n) is 12.2. The van der Waals surface area contributed by atoms with Gasteiger partial charge < -0.3 is 5.11 Å². The zero-order chi connectivity index (χ0) is 21.8. The average molecular weight is 413 g/mol. The molecule has 4 aliphatic carbocycles. The number of carbonyl (C=O) groups excluding carboxylic acids is 1. The van der Waals surface area contributed by atoms with E-state index < -0.39 is 0 Å². The zero-order valence-electron chi connectivity index (χ0n) is 20.0. The first-order valence-electron chi connectivity index (χ1n) is 12.7. The Morgan fingerprint density at radius 3 is 2.43 bits per heavy atom. The predicted octanol–water partition coefficient (Wildman–Crippen LogP) is 6.59. The maximum atomic E-state index is 13.5. The summed E-state index contributed by atoms with van der Waals surface area (Å²) in [5.74, 6) is 4.02. The van der Waals surface area contributed by atoms with Gasteiger partial charge in [-0.2, -0.15) is 0 Å². The molecule has 168 valence electrons. The Hall–Kier alpha value is -0.890. The van der Waals surface area contributed by atoms with E-state index in [4.69, 9.17) is 0 Å². The third kappa shape index (κ3) is 3.46. The average Bonchev–Trinajstić information content (AvgIpc) is 3.04. The summed E-state index contributed by atoms with van der Waals surface area (Å²) in [4.78, 5) is 13.5. The first-order valence-corrected chi connectivity index (χ1v) is 12.7. The fourth-order valence-corrected chi connectivity index (χ4v) is 8.42. The Kier molecular flexibility index (Phi) is 5.88. The van der Waals surface area contributed by atoms with Crippen molar-refractivity contribution in [3.05, 3.63) is 24.3 Å². The molecule has 0 heterocycles. The number of carbonyl (C=O) groups is 1. The van der Waals surface area contributed by atoms with E-state index in [1.165, 1.54) is 31.3 Å². The van der Waals surface area contributed by atoms with E-state index in [2.05, 4.69) is 53.3 Å². The van der Waals surface area contributed by atoms with Crippen LogP contribution in [0.5, 0.6) is 0 Å². The van der Waals surface area contributed by atoms with Gasteiger partial charge >= 0.3 is 0 Å². The molecule has 2 heteroatoms. The Bertz CT molecular complexity index is 720. The van der Waals surface area contributed by atoms with Gasteiger partial charge in [0.2, 0.25) is 0 Å². The minimum Gasteiger partial charge on any atom is -0.393 e. The largest absolute Gasteiger partial charge is 0.393 e.